The summed E-state index contributed by atoms with van der Waals surface area (Å²) < 4.78 is 7.09. The quantitative estimate of drug-likeness (QED) is 0.883. The van der Waals surface area contributed by atoms with Crippen molar-refractivity contribution in [2.24, 2.45) is 11.7 Å². The summed E-state index contributed by atoms with van der Waals surface area (Å²) in [5.74, 6) is 0.556. The van der Waals surface area contributed by atoms with E-state index in [2.05, 4.69) is 36.6 Å². The number of hydrogen-bond acceptors (Lipinski definition) is 3. The minimum Gasteiger partial charge on any atom is -0.376 e. The summed E-state index contributed by atoms with van der Waals surface area (Å²) in [6.07, 6.45) is 1.29. The van der Waals surface area contributed by atoms with E-state index in [9.17, 15) is 0 Å². The lowest BCUT2D eigenvalue weighted by Gasteiger charge is -2.23. The zero-order valence-corrected chi connectivity index (χ0v) is 10.7. The van der Waals surface area contributed by atoms with Gasteiger partial charge in [0.2, 0.25) is 0 Å². The van der Waals surface area contributed by atoms with Gasteiger partial charge in [-0.05, 0) is 34.7 Å². The van der Waals surface area contributed by atoms with Gasteiger partial charge in [-0.2, -0.15) is 0 Å². The van der Waals surface area contributed by atoms with E-state index in [0.717, 1.165) is 13.0 Å². The highest BCUT2D eigenvalue weighted by molar-refractivity contribution is 7.17. The average molecular weight is 247 g/mol. The summed E-state index contributed by atoms with van der Waals surface area (Å²) in [4.78, 5) is 0. The van der Waals surface area contributed by atoms with Gasteiger partial charge in [-0.25, -0.2) is 0 Å². The molecule has 2 N–H and O–H groups in total. The van der Waals surface area contributed by atoms with Crippen LogP contribution in [0.5, 0.6) is 0 Å². The predicted molar refractivity (Wildman–Crippen MR) is 72.3 cm³/mol. The molecule has 3 atom stereocenters. The molecule has 1 aliphatic rings. The normalized spacial score (nSPS) is 26.5. The van der Waals surface area contributed by atoms with Gasteiger partial charge in [-0.15, -0.1) is 11.3 Å². The van der Waals surface area contributed by atoms with Crippen molar-refractivity contribution in [1.82, 2.24) is 0 Å². The highest BCUT2D eigenvalue weighted by atomic mass is 32.1. The molecule has 1 fully saturated rings. The Morgan fingerprint density at radius 3 is 3.06 bits per heavy atom. The van der Waals surface area contributed by atoms with E-state index >= 15 is 0 Å². The van der Waals surface area contributed by atoms with E-state index in [1.807, 2.05) is 0 Å². The molecule has 90 valence electrons. The Hall–Kier alpha value is -0.900. The third kappa shape index (κ3) is 1.88. The molecule has 1 aromatic carbocycles. The number of nitrogens with two attached hydrogens (primary N) is 1. The van der Waals surface area contributed by atoms with Crippen LogP contribution in [0.25, 0.3) is 10.1 Å². The Balaban J connectivity index is 2.00. The highest BCUT2D eigenvalue weighted by Gasteiger charge is 2.31. The second-order valence-electron chi connectivity index (χ2n) is 4.81. The van der Waals surface area contributed by atoms with E-state index < -0.39 is 0 Å². The van der Waals surface area contributed by atoms with Crippen LogP contribution in [-0.2, 0) is 4.74 Å². The van der Waals surface area contributed by atoms with Crippen LogP contribution < -0.4 is 5.73 Å². The van der Waals surface area contributed by atoms with Gasteiger partial charge >= 0.3 is 0 Å². The molecule has 2 nitrogen and oxygen atoms in total. The first-order chi connectivity index (χ1) is 8.27. The van der Waals surface area contributed by atoms with Crippen LogP contribution in [0.2, 0.25) is 0 Å². The molecule has 2 heterocycles. The molecule has 1 saturated heterocycles. The summed E-state index contributed by atoms with van der Waals surface area (Å²) in [5.41, 5.74) is 7.63. The molecule has 17 heavy (non-hydrogen) atoms. The van der Waals surface area contributed by atoms with Crippen molar-refractivity contribution in [2.75, 3.05) is 6.61 Å². The van der Waals surface area contributed by atoms with Crippen LogP contribution in [0.4, 0.5) is 0 Å². The number of ether oxygens (including phenoxy) is 1. The van der Waals surface area contributed by atoms with E-state index in [0.29, 0.717) is 5.92 Å². The standard InChI is InChI=1S/C14H17NOS/c1-9-5-7-16-13(9)12(15)11-4-2-3-10-6-8-17-14(10)11/h2-4,6,8-9,12-13H,5,7,15H2,1H3. The maximum Gasteiger partial charge on any atom is 0.0794 e. The molecule has 3 rings (SSSR count). The van der Waals surface area contributed by atoms with Crippen molar-refractivity contribution in [2.45, 2.75) is 25.5 Å². The molecule has 1 aromatic heterocycles. The molecule has 0 radical (unpaired) electrons. The third-order valence-corrected chi connectivity index (χ3v) is 4.65. The number of hydrogen-bond donors (Lipinski definition) is 1. The van der Waals surface area contributed by atoms with Crippen LogP contribution >= 0.6 is 11.3 Å². The van der Waals surface area contributed by atoms with Gasteiger partial charge in [-0.1, -0.05) is 25.1 Å². The number of fused-ring (bicyclic) bond motifs is 1. The Morgan fingerprint density at radius 1 is 1.41 bits per heavy atom. The lowest BCUT2D eigenvalue weighted by molar-refractivity contribution is 0.0729. The van der Waals surface area contributed by atoms with Crippen molar-refractivity contribution in [3.8, 4) is 0 Å². The van der Waals surface area contributed by atoms with E-state index in [1.54, 1.807) is 11.3 Å². The van der Waals surface area contributed by atoms with Crippen LogP contribution in [0.3, 0.4) is 0 Å². The lowest BCUT2D eigenvalue weighted by atomic mass is 9.93. The molecule has 0 spiro atoms. The summed E-state index contributed by atoms with van der Waals surface area (Å²) in [5, 5.41) is 3.41. The molecule has 1 aliphatic heterocycles. The lowest BCUT2D eigenvalue weighted by Crippen LogP contribution is -2.29. The molecule has 0 amide bonds. The van der Waals surface area contributed by atoms with Gasteiger partial charge in [0, 0.05) is 11.3 Å². The molecule has 0 aliphatic carbocycles. The Labute approximate surface area is 105 Å². The van der Waals surface area contributed by atoms with Crippen molar-refractivity contribution < 1.29 is 4.74 Å². The van der Waals surface area contributed by atoms with Crippen LogP contribution in [-0.4, -0.2) is 12.7 Å². The van der Waals surface area contributed by atoms with Gasteiger partial charge in [0.05, 0.1) is 12.1 Å². The fraction of sp³-hybridized carbons (Fsp3) is 0.429. The molecule has 3 heteroatoms. The van der Waals surface area contributed by atoms with Crippen molar-refractivity contribution in [3.05, 3.63) is 35.2 Å². The van der Waals surface area contributed by atoms with Gasteiger partial charge in [0.1, 0.15) is 0 Å². The first-order valence-corrected chi connectivity index (χ1v) is 6.98. The van der Waals surface area contributed by atoms with Crippen molar-refractivity contribution >= 4 is 21.4 Å². The molecule has 0 bridgehead atoms. The molecule has 3 unspecified atom stereocenters. The Bertz CT molecular complexity index is 522. The smallest absolute Gasteiger partial charge is 0.0794 e. The number of benzene rings is 1. The zero-order chi connectivity index (χ0) is 11.8. The highest BCUT2D eigenvalue weighted by Crippen LogP contribution is 2.34. The van der Waals surface area contributed by atoms with E-state index in [-0.39, 0.29) is 12.1 Å². The monoisotopic (exact) mass is 247 g/mol. The maximum absolute atomic E-state index is 6.40. The Kier molecular flexibility index (Phi) is 2.90. The number of rotatable bonds is 2. The fourth-order valence-electron chi connectivity index (χ4n) is 2.63. The summed E-state index contributed by atoms with van der Waals surface area (Å²) >= 11 is 1.77. The molecule has 2 aromatic rings. The maximum atomic E-state index is 6.40. The van der Waals surface area contributed by atoms with E-state index in [1.165, 1.54) is 15.6 Å². The summed E-state index contributed by atoms with van der Waals surface area (Å²) in [6, 6.07) is 8.51. The van der Waals surface area contributed by atoms with Crippen LogP contribution in [0, 0.1) is 5.92 Å². The number of thiophene rings is 1. The predicted octanol–water partition coefficient (Wildman–Crippen LogP) is 3.33. The topological polar surface area (TPSA) is 35.2 Å². The van der Waals surface area contributed by atoms with Gasteiger partial charge in [-0.3, -0.25) is 0 Å². The van der Waals surface area contributed by atoms with Crippen LogP contribution in [0.15, 0.2) is 29.6 Å². The summed E-state index contributed by atoms with van der Waals surface area (Å²) in [7, 11) is 0. The van der Waals surface area contributed by atoms with Gasteiger partial charge in [0.25, 0.3) is 0 Å². The third-order valence-electron chi connectivity index (χ3n) is 3.67. The zero-order valence-electron chi connectivity index (χ0n) is 9.93. The minimum atomic E-state index is -0.00477. The Morgan fingerprint density at radius 2 is 2.29 bits per heavy atom. The van der Waals surface area contributed by atoms with Crippen LogP contribution in [0.1, 0.15) is 24.9 Å². The average Bonchev–Trinajstić information content (AvgIpc) is 2.95. The van der Waals surface area contributed by atoms with Gasteiger partial charge in [0.15, 0.2) is 0 Å². The SMILES string of the molecule is CC1CCOC1C(N)c1cccc2ccsc12. The largest absolute Gasteiger partial charge is 0.376 e. The minimum absolute atomic E-state index is 0.00477. The van der Waals surface area contributed by atoms with Crippen molar-refractivity contribution in [1.29, 1.82) is 0 Å². The molecular formula is C14H17NOS. The first kappa shape index (κ1) is 11.2. The molecule has 0 saturated carbocycles. The van der Waals surface area contributed by atoms with Crippen molar-refractivity contribution in [3.63, 3.8) is 0 Å². The van der Waals surface area contributed by atoms with E-state index in [4.69, 9.17) is 10.5 Å². The summed E-state index contributed by atoms with van der Waals surface area (Å²) in [6.45, 7) is 3.08. The van der Waals surface area contributed by atoms with Gasteiger partial charge < -0.3 is 10.5 Å². The second-order valence-corrected chi connectivity index (χ2v) is 5.73. The molecular weight excluding hydrogens is 230 g/mol. The second kappa shape index (κ2) is 4.41. The first-order valence-electron chi connectivity index (χ1n) is 6.10. The fourth-order valence-corrected chi connectivity index (χ4v) is 3.59.